The smallest absolute Gasteiger partial charge is 0.274 e. The Bertz CT molecular complexity index is 1000. The lowest BCUT2D eigenvalue weighted by Gasteiger charge is -2.31. The van der Waals surface area contributed by atoms with Crippen LogP contribution in [0.5, 0.6) is 0 Å². The van der Waals surface area contributed by atoms with Gasteiger partial charge in [-0.15, -0.1) is 0 Å². The van der Waals surface area contributed by atoms with Gasteiger partial charge in [-0.2, -0.15) is 5.10 Å². The van der Waals surface area contributed by atoms with Gasteiger partial charge in [-0.3, -0.25) is 14.7 Å². The van der Waals surface area contributed by atoms with Crippen molar-refractivity contribution in [3.63, 3.8) is 0 Å². The van der Waals surface area contributed by atoms with E-state index in [1.165, 1.54) is 6.42 Å². The SMILES string of the molecule is Nc1nc(C2CCN(C(=O)c3n[nH]c4c3CCCCC4)CC2)ccc1C(=O)N1CCCC1. The number of piperidine rings is 1. The van der Waals surface area contributed by atoms with Crippen molar-refractivity contribution >= 4 is 17.6 Å². The lowest BCUT2D eigenvalue weighted by molar-refractivity contribution is 0.0704. The number of H-pyrrole nitrogens is 1. The Balaban J connectivity index is 1.23. The Labute approximate surface area is 188 Å². The molecule has 2 aromatic heterocycles. The van der Waals surface area contributed by atoms with Crippen molar-refractivity contribution in [1.82, 2.24) is 25.0 Å². The lowest BCUT2D eigenvalue weighted by atomic mass is 9.92. The molecule has 0 aromatic carbocycles. The molecule has 2 amide bonds. The molecule has 2 fully saturated rings. The molecule has 1 aliphatic carbocycles. The summed E-state index contributed by atoms with van der Waals surface area (Å²) in [7, 11) is 0. The number of pyridine rings is 1. The molecule has 3 N–H and O–H groups in total. The van der Waals surface area contributed by atoms with Gasteiger partial charge in [-0.05, 0) is 63.5 Å². The molecule has 0 spiro atoms. The van der Waals surface area contributed by atoms with E-state index in [9.17, 15) is 9.59 Å². The van der Waals surface area contributed by atoms with Crippen LogP contribution in [-0.2, 0) is 12.8 Å². The second kappa shape index (κ2) is 8.92. The first-order valence-electron chi connectivity index (χ1n) is 12.0. The van der Waals surface area contributed by atoms with E-state index in [1.807, 2.05) is 21.9 Å². The minimum absolute atomic E-state index is 0.0161. The first-order chi connectivity index (χ1) is 15.6. The third-order valence-electron chi connectivity index (χ3n) is 7.28. The van der Waals surface area contributed by atoms with Crippen LogP contribution in [-0.4, -0.2) is 63.0 Å². The number of hydrogen-bond acceptors (Lipinski definition) is 5. The summed E-state index contributed by atoms with van der Waals surface area (Å²) < 4.78 is 0. The van der Waals surface area contributed by atoms with Crippen molar-refractivity contribution in [3.8, 4) is 0 Å². The van der Waals surface area contributed by atoms with Crippen molar-refractivity contribution < 1.29 is 9.59 Å². The third-order valence-corrected chi connectivity index (χ3v) is 7.28. The summed E-state index contributed by atoms with van der Waals surface area (Å²) in [6.45, 7) is 2.96. The Kier molecular flexibility index (Phi) is 5.85. The molecule has 4 heterocycles. The Hall–Kier alpha value is -2.90. The van der Waals surface area contributed by atoms with E-state index >= 15 is 0 Å². The Morgan fingerprint density at radius 2 is 1.62 bits per heavy atom. The number of amides is 2. The van der Waals surface area contributed by atoms with Gasteiger partial charge in [0.2, 0.25) is 0 Å². The predicted molar refractivity (Wildman–Crippen MR) is 122 cm³/mol. The quantitative estimate of drug-likeness (QED) is 0.719. The van der Waals surface area contributed by atoms with Crippen LogP contribution in [0.25, 0.3) is 0 Å². The summed E-state index contributed by atoms with van der Waals surface area (Å²) in [6.07, 6.45) is 9.20. The molecule has 32 heavy (non-hydrogen) atoms. The van der Waals surface area contributed by atoms with Crippen molar-refractivity contribution in [3.05, 3.63) is 40.3 Å². The first-order valence-corrected chi connectivity index (χ1v) is 12.0. The number of nitrogens with zero attached hydrogens (tertiary/aromatic N) is 4. The molecule has 8 nitrogen and oxygen atoms in total. The molecular weight excluding hydrogens is 404 g/mol. The summed E-state index contributed by atoms with van der Waals surface area (Å²) in [5, 5.41) is 7.49. The van der Waals surface area contributed by atoms with Gasteiger partial charge in [0, 0.05) is 49.0 Å². The fourth-order valence-electron chi connectivity index (χ4n) is 5.35. The number of nitrogens with one attached hydrogen (secondary N) is 1. The highest BCUT2D eigenvalue weighted by molar-refractivity contribution is 5.98. The fourth-order valence-corrected chi connectivity index (χ4v) is 5.35. The number of rotatable bonds is 3. The number of aryl methyl sites for hydroxylation is 1. The highest BCUT2D eigenvalue weighted by atomic mass is 16.2. The van der Waals surface area contributed by atoms with Crippen LogP contribution >= 0.6 is 0 Å². The zero-order chi connectivity index (χ0) is 22.1. The second-order valence-electron chi connectivity index (χ2n) is 9.32. The van der Waals surface area contributed by atoms with Gasteiger partial charge in [0.25, 0.3) is 11.8 Å². The standard InChI is InChI=1S/C24H32N6O2/c25-22-18(23(31)29-12-4-5-13-29)8-9-19(26-22)16-10-14-30(15-11-16)24(32)21-17-6-2-1-3-7-20(17)27-28-21/h8-9,16H,1-7,10-15H2,(H2,25,26)(H,27,28). The molecule has 2 saturated heterocycles. The molecule has 0 saturated carbocycles. The number of aromatic nitrogens is 3. The van der Waals surface area contributed by atoms with Crippen molar-refractivity contribution in [2.45, 2.75) is 63.7 Å². The zero-order valence-corrected chi connectivity index (χ0v) is 18.6. The van der Waals surface area contributed by atoms with E-state index in [-0.39, 0.29) is 17.7 Å². The third kappa shape index (κ3) is 3.98. The van der Waals surface area contributed by atoms with E-state index in [0.717, 1.165) is 81.4 Å². The average Bonchev–Trinajstić information content (AvgIpc) is 3.44. The monoisotopic (exact) mass is 436 g/mol. The normalized spacial score (nSPS) is 19.6. The molecule has 0 unspecified atom stereocenters. The van der Waals surface area contributed by atoms with Gasteiger partial charge >= 0.3 is 0 Å². The summed E-state index contributed by atoms with van der Waals surface area (Å²) >= 11 is 0. The molecule has 5 rings (SSSR count). The molecule has 8 heteroatoms. The van der Waals surface area contributed by atoms with Crippen molar-refractivity contribution in [1.29, 1.82) is 0 Å². The van der Waals surface area contributed by atoms with E-state index in [0.29, 0.717) is 30.2 Å². The van der Waals surface area contributed by atoms with Crippen molar-refractivity contribution in [2.24, 2.45) is 0 Å². The second-order valence-corrected chi connectivity index (χ2v) is 9.32. The van der Waals surface area contributed by atoms with Gasteiger partial charge in [0.1, 0.15) is 5.82 Å². The topological polar surface area (TPSA) is 108 Å². The van der Waals surface area contributed by atoms with E-state index in [2.05, 4.69) is 15.2 Å². The number of nitrogen functional groups attached to an aromatic ring is 1. The maximum atomic E-state index is 13.2. The number of nitrogens with two attached hydrogens (primary N) is 1. The van der Waals surface area contributed by atoms with Gasteiger partial charge in [0.05, 0.1) is 5.56 Å². The minimum atomic E-state index is -0.0161. The molecule has 0 radical (unpaired) electrons. The number of carbonyl (C=O) groups excluding carboxylic acids is 2. The van der Waals surface area contributed by atoms with E-state index < -0.39 is 0 Å². The zero-order valence-electron chi connectivity index (χ0n) is 18.6. The van der Waals surface area contributed by atoms with Crippen molar-refractivity contribution in [2.75, 3.05) is 31.9 Å². The van der Waals surface area contributed by atoms with Crippen LogP contribution in [0.2, 0.25) is 0 Å². The molecule has 2 aromatic rings. The number of hydrogen-bond donors (Lipinski definition) is 2. The van der Waals surface area contributed by atoms with Crippen LogP contribution in [0.3, 0.4) is 0 Å². The largest absolute Gasteiger partial charge is 0.383 e. The van der Waals surface area contributed by atoms with Gasteiger partial charge < -0.3 is 15.5 Å². The van der Waals surface area contributed by atoms with E-state index in [1.54, 1.807) is 0 Å². The highest BCUT2D eigenvalue weighted by Crippen LogP contribution is 2.30. The van der Waals surface area contributed by atoms with Crippen LogP contribution in [0.4, 0.5) is 5.82 Å². The first kappa shape index (κ1) is 21.0. The average molecular weight is 437 g/mol. The molecular formula is C24H32N6O2. The van der Waals surface area contributed by atoms with Gasteiger partial charge in [-0.1, -0.05) is 6.42 Å². The maximum Gasteiger partial charge on any atom is 0.274 e. The summed E-state index contributed by atoms with van der Waals surface area (Å²) in [5.41, 5.74) is 10.5. The van der Waals surface area contributed by atoms with Crippen LogP contribution in [0, 0.1) is 0 Å². The molecule has 2 aliphatic heterocycles. The molecule has 3 aliphatic rings. The molecule has 170 valence electrons. The van der Waals surface area contributed by atoms with Gasteiger partial charge in [-0.25, -0.2) is 4.98 Å². The summed E-state index contributed by atoms with van der Waals surface area (Å²) in [5.74, 6) is 0.588. The number of carbonyl (C=O) groups is 2. The predicted octanol–water partition coefficient (Wildman–Crippen LogP) is 2.91. The summed E-state index contributed by atoms with van der Waals surface area (Å²) in [4.78, 5) is 34.2. The van der Waals surface area contributed by atoms with Gasteiger partial charge in [0.15, 0.2) is 5.69 Å². The van der Waals surface area contributed by atoms with Crippen LogP contribution < -0.4 is 5.73 Å². The number of fused-ring (bicyclic) bond motifs is 1. The number of likely N-dealkylation sites (tertiary alicyclic amines) is 2. The Morgan fingerprint density at radius 1 is 0.906 bits per heavy atom. The number of aromatic amines is 1. The minimum Gasteiger partial charge on any atom is -0.383 e. The van der Waals surface area contributed by atoms with Crippen LogP contribution in [0.15, 0.2) is 12.1 Å². The van der Waals surface area contributed by atoms with Crippen LogP contribution in [0.1, 0.15) is 88.7 Å². The maximum absolute atomic E-state index is 13.2. The summed E-state index contributed by atoms with van der Waals surface area (Å²) in [6, 6.07) is 3.77. The number of anilines is 1. The Morgan fingerprint density at radius 3 is 2.38 bits per heavy atom. The highest BCUT2D eigenvalue weighted by Gasteiger charge is 2.30. The lowest BCUT2D eigenvalue weighted by Crippen LogP contribution is -2.38. The molecule has 0 bridgehead atoms. The fraction of sp³-hybridized carbons (Fsp3) is 0.583. The molecule has 0 atom stereocenters. The van der Waals surface area contributed by atoms with E-state index in [4.69, 9.17) is 5.73 Å².